The highest BCUT2D eigenvalue weighted by Gasteiger charge is 2.27. The number of carbonyl (C=O) groups is 1. The van der Waals surface area contributed by atoms with E-state index in [9.17, 15) is 9.59 Å². The maximum atomic E-state index is 12.9. The first-order chi connectivity index (χ1) is 15.2. The van der Waals surface area contributed by atoms with Crippen LogP contribution in [0.4, 0.5) is 11.5 Å². The van der Waals surface area contributed by atoms with E-state index in [-0.39, 0.29) is 17.5 Å². The summed E-state index contributed by atoms with van der Waals surface area (Å²) in [5, 5.41) is 16.2. The molecule has 1 aromatic carbocycles. The Bertz CT molecular complexity index is 1270. The quantitative estimate of drug-likeness (QED) is 0.510. The SMILES string of the molecule is O=C(Nc1cc2ccccc2oc1=O)C1CCCN(c2ccc(-n3cccn3)nn2)C1. The molecule has 5 rings (SSSR count). The van der Waals surface area contributed by atoms with Gasteiger partial charge in [-0.2, -0.15) is 5.10 Å². The molecule has 0 bridgehead atoms. The molecule has 0 radical (unpaired) electrons. The van der Waals surface area contributed by atoms with Crippen LogP contribution in [0.2, 0.25) is 0 Å². The lowest BCUT2D eigenvalue weighted by atomic mass is 9.97. The van der Waals surface area contributed by atoms with Crippen LogP contribution >= 0.6 is 0 Å². The lowest BCUT2D eigenvalue weighted by Gasteiger charge is -2.32. The first-order valence-corrected chi connectivity index (χ1v) is 10.1. The molecule has 0 spiro atoms. The summed E-state index contributed by atoms with van der Waals surface area (Å²) in [6.45, 7) is 1.29. The predicted molar refractivity (Wildman–Crippen MR) is 115 cm³/mol. The number of benzene rings is 1. The number of anilines is 2. The molecule has 1 fully saturated rings. The maximum Gasteiger partial charge on any atom is 0.360 e. The minimum Gasteiger partial charge on any atom is -0.421 e. The molecule has 9 nitrogen and oxygen atoms in total. The summed E-state index contributed by atoms with van der Waals surface area (Å²) >= 11 is 0. The van der Waals surface area contributed by atoms with E-state index in [1.54, 1.807) is 35.3 Å². The molecule has 4 aromatic rings. The molecule has 1 amide bonds. The zero-order valence-corrected chi connectivity index (χ0v) is 16.6. The molecular formula is C22H20N6O3. The monoisotopic (exact) mass is 416 g/mol. The number of aromatic nitrogens is 4. The van der Waals surface area contributed by atoms with Gasteiger partial charge in [-0.25, -0.2) is 9.48 Å². The second-order valence-electron chi connectivity index (χ2n) is 7.46. The zero-order valence-electron chi connectivity index (χ0n) is 16.6. The van der Waals surface area contributed by atoms with Crippen molar-refractivity contribution in [3.05, 3.63) is 71.3 Å². The second-order valence-corrected chi connectivity index (χ2v) is 7.46. The van der Waals surface area contributed by atoms with Gasteiger partial charge in [0.1, 0.15) is 11.3 Å². The van der Waals surface area contributed by atoms with Crippen molar-refractivity contribution in [1.29, 1.82) is 0 Å². The number of hydrogen-bond donors (Lipinski definition) is 1. The van der Waals surface area contributed by atoms with Crippen molar-refractivity contribution >= 4 is 28.4 Å². The minimum atomic E-state index is -0.556. The highest BCUT2D eigenvalue weighted by Crippen LogP contribution is 2.23. The molecule has 1 aliphatic rings. The number of nitrogens with zero attached hydrogens (tertiary/aromatic N) is 5. The predicted octanol–water partition coefficient (Wildman–Crippen LogP) is 2.62. The summed E-state index contributed by atoms with van der Waals surface area (Å²) in [7, 11) is 0. The fourth-order valence-corrected chi connectivity index (χ4v) is 3.80. The van der Waals surface area contributed by atoms with Crippen molar-refractivity contribution in [3.8, 4) is 5.82 Å². The third kappa shape index (κ3) is 3.89. The van der Waals surface area contributed by atoms with Crippen molar-refractivity contribution in [2.24, 2.45) is 5.92 Å². The summed E-state index contributed by atoms with van der Waals surface area (Å²) in [5.41, 5.74) is 0.0930. The van der Waals surface area contributed by atoms with Crippen molar-refractivity contribution in [2.75, 3.05) is 23.3 Å². The molecule has 1 unspecified atom stereocenters. The average Bonchev–Trinajstić information content (AvgIpc) is 3.35. The van der Waals surface area contributed by atoms with Gasteiger partial charge in [0.2, 0.25) is 5.91 Å². The van der Waals surface area contributed by atoms with Gasteiger partial charge in [-0.15, -0.1) is 10.2 Å². The van der Waals surface area contributed by atoms with E-state index in [1.165, 1.54) is 0 Å². The third-order valence-corrected chi connectivity index (χ3v) is 5.39. The average molecular weight is 416 g/mol. The molecule has 1 aliphatic heterocycles. The highest BCUT2D eigenvalue weighted by molar-refractivity contribution is 5.94. The molecule has 0 saturated carbocycles. The number of rotatable bonds is 4. The summed E-state index contributed by atoms with van der Waals surface area (Å²) in [6.07, 6.45) is 5.06. The second kappa shape index (κ2) is 8.02. The van der Waals surface area contributed by atoms with E-state index in [2.05, 4.69) is 20.6 Å². The topological polar surface area (TPSA) is 106 Å². The van der Waals surface area contributed by atoms with E-state index in [4.69, 9.17) is 4.42 Å². The van der Waals surface area contributed by atoms with Crippen LogP contribution in [-0.2, 0) is 4.79 Å². The molecule has 0 aliphatic carbocycles. The van der Waals surface area contributed by atoms with E-state index >= 15 is 0 Å². The van der Waals surface area contributed by atoms with Gasteiger partial charge in [0.05, 0.1) is 5.92 Å². The van der Waals surface area contributed by atoms with Gasteiger partial charge in [-0.1, -0.05) is 18.2 Å². The van der Waals surface area contributed by atoms with E-state index < -0.39 is 5.63 Å². The molecule has 1 N–H and O–H groups in total. The maximum absolute atomic E-state index is 12.9. The van der Waals surface area contributed by atoms with Gasteiger partial charge >= 0.3 is 5.63 Å². The summed E-state index contributed by atoms with van der Waals surface area (Å²) in [6, 6.07) is 14.4. The van der Waals surface area contributed by atoms with Crippen molar-refractivity contribution in [3.63, 3.8) is 0 Å². The molecule has 31 heavy (non-hydrogen) atoms. The summed E-state index contributed by atoms with van der Waals surface area (Å²) in [4.78, 5) is 27.2. The van der Waals surface area contributed by atoms with E-state index in [0.29, 0.717) is 23.8 Å². The number of amides is 1. The van der Waals surface area contributed by atoms with Crippen molar-refractivity contribution in [2.45, 2.75) is 12.8 Å². The Balaban J connectivity index is 1.29. The molecule has 156 valence electrons. The molecule has 3 aromatic heterocycles. The normalized spacial score (nSPS) is 16.4. The first-order valence-electron chi connectivity index (χ1n) is 10.1. The van der Waals surface area contributed by atoms with Crippen LogP contribution in [0.15, 0.2) is 70.1 Å². The van der Waals surface area contributed by atoms with Crippen LogP contribution in [0, 0.1) is 5.92 Å². The Labute approximate surface area is 177 Å². The van der Waals surface area contributed by atoms with Crippen LogP contribution in [0.25, 0.3) is 16.8 Å². The highest BCUT2D eigenvalue weighted by atomic mass is 16.4. The third-order valence-electron chi connectivity index (χ3n) is 5.39. The molecule has 1 atom stereocenters. The summed E-state index contributed by atoms with van der Waals surface area (Å²) in [5.74, 6) is 0.863. The van der Waals surface area contributed by atoms with Crippen LogP contribution in [-0.4, -0.2) is 39.0 Å². The Kier molecular flexibility index (Phi) is 4.91. The largest absolute Gasteiger partial charge is 0.421 e. The number of fused-ring (bicyclic) bond motifs is 1. The summed E-state index contributed by atoms with van der Waals surface area (Å²) < 4.78 is 6.94. The Morgan fingerprint density at radius 3 is 2.74 bits per heavy atom. The molecule has 1 saturated heterocycles. The molecule has 9 heteroatoms. The fraction of sp³-hybridized carbons (Fsp3) is 0.227. The van der Waals surface area contributed by atoms with Crippen molar-refractivity contribution in [1.82, 2.24) is 20.0 Å². The Hall–Kier alpha value is -4.01. The van der Waals surface area contributed by atoms with Crippen LogP contribution < -0.4 is 15.8 Å². The Morgan fingerprint density at radius 2 is 1.94 bits per heavy atom. The number of hydrogen-bond acceptors (Lipinski definition) is 7. The van der Waals surface area contributed by atoms with Crippen LogP contribution in [0.3, 0.4) is 0 Å². The Morgan fingerprint density at radius 1 is 1.10 bits per heavy atom. The van der Waals surface area contributed by atoms with Crippen LogP contribution in [0.5, 0.6) is 0 Å². The van der Waals surface area contributed by atoms with Gasteiger partial charge in [-0.05, 0) is 43.2 Å². The lowest BCUT2D eigenvalue weighted by molar-refractivity contribution is -0.120. The zero-order chi connectivity index (χ0) is 21.2. The smallest absolute Gasteiger partial charge is 0.360 e. The molecular weight excluding hydrogens is 396 g/mol. The fourth-order valence-electron chi connectivity index (χ4n) is 3.80. The number of piperidine rings is 1. The van der Waals surface area contributed by atoms with Crippen LogP contribution in [0.1, 0.15) is 12.8 Å². The van der Waals surface area contributed by atoms with E-state index in [1.807, 2.05) is 35.2 Å². The lowest BCUT2D eigenvalue weighted by Crippen LogP contribution is -2.41. The minimum absolute atomic E-state index is 0.157. The van der Waals surface area contributed by atoms with Gasteiger partial charge in [0, 0.05) is 30.9 Å². The van der Waals surface area contributed by atoms with Gasteiger partial charge < -0.3 is 14.6 Å². The number of carbonyl (C=O) groups excluding carboxylic acids is 1. The van der Waals surface area contributed by atoms with Gasteiger partial charge in [-0.3, -0.25) is 4.79 Å². The first kappa shape index (κ1) is 19.0. The van der Waals surface area contributed by atoms with Gasteiger partial charge in [0.15, 0.2) is 11.6 Å². The van der Waals surface area contributed by atoms with Crippen molar-refractivity contribution < 1.29 is 9.21 Å². The van der Waals surface area contributed by atoms with E-state index in [0.717, 1.165) is 24.8 Å². The number of nitrogens with one attached hydrogen (secondary N) is 1. The molecule has 4 heterocycles. The van der Waals surface area contributed by atoms with Gasteiger partial charge in [0.25, 0.3) is 0 Å². The standard InChI is InChI=1S/C22H20N6O3/c29-21(24-17-13-15-5-1-2-7-18(15)31-22(17)30)16-6-3-11-27(14-16)19-8-9-20(26-25-19)28-12-4-10-23-28/h1-2,4-5,7-10,12-13,16H,3,6,11,14H2,(H,24,29). The number of para-hydroxylation sites is 1.